The van der Waals surface area contributed by atoms with Crippen molar-refractivity contribution in [3.8, 4) is 0 Å². The van der Waals surface area contributed by atoms with E-state index >= 15 is 0 Å². The summed E-state index contributed by atoms with van der Waals surface area (Å²) in [7, 11) is 0. The van der Waals surface area contributed by atoms with Gasteiger partial charge in [-0.2, -0.15) is 0 Å². The second-order valence-corrected chi connectivity index (χ2v) is 8.42. The number of aromatic nitrogens is 2. The van der Waals surface area contributed by atoms with Gasteiger partial charge < -0.3 is 9.88 Å². The zero-order valence-electron chi connectivity index (χ0n) is 16.7. The first-order valence-corrected chi connectivity index (χ1v) is 11.1. The molecule has 1 aliphatic carbocycles. The van der Waals surface area contributed by atoms with Crippen LogP contribution in [0.25, 0.3) is 0 Å². The minimum atomic E-state index is 0.0820. The molecule has 1 fully saturated rings. The molecule has 3 rings (SSSR count). The molecule has 0 bridgehead atoms. The number of rotatable bonds is 8. The number of nitrogens with zero attached hydrogens (tertiary/aromatic N) is 2. The Morgan fingerprint density at radius 1 is 1.26 bits per heavy atom. The van der Waals surface area contributed by atoms with Crippen LogP contribution in [0.1, 0.15) is 74.5 Å². The highest BCUT2D eigenvalue weighted by Crippen LogP contribution is 2.35. The van der Waals surface area contributed by atoms with Gasteiger partial charge in [0.05, 0.1) is 17.5 Å². The van der Waals surface area contributed by atoms with Gasteiger partial charge in [0.25, 0.3) is 0 Å². The Labute approximate surface area is 167 Å². The SMILES string of the molecule is CCCC(NC(=O)CSc1nc(C)c(C)n1C1CCCC1)c1ccccc1. The second-order valence-electron chi connectivity index (χ2n) is 7.48. The molecular weight excluding hydrogens is 354 g/mol. The summed E-state index contributed by atoms with van der Waals surface area (Å²) in [5.74, 6) is 0.494. The maximum atomic E-state index is 12.6. The summed E-state index contributed by atoms with van der Waals surface area (Å²) in [6.45, 7) is 6.37. The predicted octanol–water partition coefficient (Wildman–Crippen LogP) is 5.36. The molecule has 1 aliphatic rings. The summed E-state index contributed by atoms with van der Waals surface area (Å²) < 4.78 is 2.38. The Kier molecular flexibility index (Phi) is 7.00. The number of benzene rings is 1. The number of nitrogens with one attached hydrogen (secondary N) is 1. The molecular formula is C22H31N3OS. The minimum Gasteiger partial charge on any atom is -0.349 e. The van der Waals surface area contributed by atoms with Crippen molar-refractivity contribution in [2.75, 3.05) is 5.75 Å². The molecule has 1 atom stereocenters. The molecule has 5 heteroatoms. The van der Waals surface area contributed by atoms with Gasteiger partial charge in [0, 0.05) is 11.7 Å². The van der Waals surface area contributed by atoms with Crippen molar-refractivity contribution in [2.24, 2.45) is 0 Å². The fourth-order valence-electron chi connectivity index (χ4n) is 3.95. The summed E-state index contributed by atoms with van der Waals surface area (Å²) in [5, 5.41) is 4.22. The standard InChI is InChI=1S/C22H31N3OS/c1-4-10-20(18-11-6-5-7-12-18)24-21(26)15-27-22-23-16(2)17(3)25(22)19-13-8-9-14-19/h5-7,11-12,19-20H,4,8-10,13-15H2,1-3H3,(H,24,26). The number of imidazole rings is 1. The fraction of sp³-hybridized carbons (Fsp3) is 0.545. The lowest BCUT2D eigenvalue weighted by molar-refractivity contribution is -0.119. The van der Waals surface area contributed by atoms with Gasteiger partial charge in [0.15, 0.2) is 5.16 Å². The topological polar surface area (TPSA) is 46.9 Å². The zero-order chi connectivity index (χ0) is 19.2. The number of aryl methyl sites for hydroxylation is 1. The molecule has 0 aliphatic heterocycles. The molecule has 0 saturated heterocycles. The van der Waals surface area contributed by atoms with Crippen LogP contribution in [0.3, 0.4) is 0 Å². The van der Waals surface area contributed by atoms with Gasteiger partial charge in [-0.1, -0.05) is 68.3 Å². The molecule has 1 aromatic heterocycles. The first-order valence-electron chi connectivity index (χ1n) is 10.1. The molecule has 0 spiro atoms. The van der Waals surface area contributed by atoms with Gasteiger partial charge in [-0.15, -0.1) is 0 Å². The van der Waals surface area contributed by atoms with Crippen LogP contribution in [0.2, 0.25) is 0 Å². The van der Waals surface area contributed by atoms with Crippen LogP contribution in [0.4, 0.5) is 0 Å². The molecule has 146 valence electrons. The maximum Gasteiger partial charge on any atom is 0.230 e. The van der Waals surface area contributed by atoms with Gasteiger partial charge >= 0.3 is 0 Å². The monoisotopic (exact) mass is 385 g/mol. The lowest BCUT2D eigenvalue weighted by atomic mass is 10.0. The summed E-state index contributed by atoms with van der Waals surface area (Å²) in [6.07, 6.45) is 7.03. The van der Waals surface area contributed by atoms with Crippen molar-refractivity contribution in [1.29, 1.82) is 0 Å². The molecule has 2 aromatic rings. The third-order valence-electron chi connectivity index (χ3n) is 5.49. The molecule has 1 aromatic carbocycles. The van der Waals surface area contributed by atoms with Crippen molar-refractivity contribution in [1.82, 2.24) is 14.9 Å². The van der Waals surface area contributed by atoms with Crippen LogP contribution in [0.5, 0.6) is 0 Å². The Morgan fingerprint density at radius 3 is 2.63 bits per heavy atom. The van der Waals surface area contributed by atoms with Gasteiger partial charge in [0.2, 0.25) is 5.91 Å². The quantitative estimate of drug-likeness (QED) is 0.622. The molecule has 0 radical (unpaired) electrons. The summed E-state index contributed by atoms with van der Waals surface area (Å²) >= 11 is 1.57. The predicted molar refractivity (Wildman–Crippen MR) is 112 cm³/mol. The molecule has 1 N–H and O–H groups in total. The van der Waals surface area contributed by atoms with Gasteiger partial charge in [-0.05, 0) is 38.7 Å². The Balaban J connectivity index is 1.64. The van der Waals surface area contributed by atoms with Crippen LogP contribution in [0.15, 0.2) is 35.5 Å². The average molecular weight is 386 g/mol. The molecule has 1 saturated carbocycles. The Bertz CT molecular complexity index is 750. The lowest BCUT2D eigenvalue weighted by Gasteiger charge is -2.19. The highest BCUT2D eigenvalue weighted by atomic mass is 32.2. The van der Waals surface area contributed by atoms with E-state index in [1.807, 2.05) is 18.2 Å². The van der Waals surface area contributed by atoms with Gasteiger partial charge in [-0.3, -0.25) is 4.79 Å². The van der Waals surface area contributed by atoms with Crippen molar-refractivity contribution in [2.45, 2.75) is 76.5 Å². The van der Waals surface area contributed by atoms with Crippen LogP contribution in [0, 0.1) is 13.8 Å². The summed E-state index contributed by atoms with van der Waals surface area (Å²) in [4.78, 5) is 17.4. The number of carbonyl (C=O) groups excluding carboxylic acids is 1. The molecule has 27 heavy (non-hydrogen) atoms. The third kappa shape index (κ3) is 4.95. The van der Waals surface area contributed by atoms with E-state index in [1.54, 1.807) is 11.8 Å². The molecule has 4 nitrogen and oxygen atoms in total. The van der Waals surface area contributed by atoms with Gasteiger partial charge in [-0.25, -0.2) is 4.98 Å². The summed E-state index contributed by atoms with van der Waals surface area (Å²) in [5.41, 5.74) is 3.51. The van der Waals surface area contributed by atoms with E-state index in [0.29, 0.717) is 11.8 Å². The Morgan fingerprint density at radius 2 is 1.96 bits per heavy atom. The summed E-state index contributed by atoms with van der Waals surface area (Å²) in [6, 6.07) is 10.9. The van der Waals surface area contributed by atoms with Gasteiger partial charge in [0.1, 0.15) is 0 Å². The highest BCUT2D eigenvalue weighted by Gasteiger charge is 2.24. The van der Waals surface area contributed by atoms with E-state index < -0.39 is 0 Å². The van der Waals surface area contributed by atoms with Crippen molar-refractivity contribution in [3.05, 3.63) is 47.3 Å². The minimum absolute atomic E-state index is 0.0820. The van der Waals surface area contributed by atoms with E-state index in [0.717, 1.165) is 23.7 Å². The highest BCUT2D eigenvalue weighted by molar-refractivity contribution is 7.99. The Hall–Kier alpha value is -1.75. The number of hydrogen-bond acceptors (Lipinski definition) is 3. The fourth-order valence-corrected chi connectivity index (χ4v) is 4.92. The largest absolute Gasteiger partial charge is 0.349 e. The number of carbonyl (C=O) groups is 1. The number of thioether (sulfide) groups is 1. The zero-order valence-corrected chi connectivity index (χ0v) is 17.5. The normalized spacial score (nSPS) is 15.8. The maximum absolute atomic E-state index is 12.6. The first-order chi connectivity index (χ1) is 13.1. The lowest BCUT2D eigenvalue weighted by Crippen LogP contribution is -2.30. The van der Waals surface area contributed by atoms with Crippen LogP contribution < -0.4 is 5.32 Å². The van der Waals surface area contributed by atoms with Crippen molar-refractivity contribution in [3.63, 3.8) is 0 Å². The van der Waals surface area contributed by atoms with Crippen molar-refractivity contribution >= 4 is 17.7 Å². The van der Waals surface area contributed by atoms with Crippen LogP contribution in [-0.2, 0) is 4.79 Å². The molecule has 1 heterocycles. The van der Waals surface area contributed by atoms with E-state index in [2.05, 4.69) is 42.8 Å². The number of hydrogen-bond donors (Lipinski definition) is 1. The van der Waals surface area contributed by atoms with E-state index in [4.69, 9.17) is 4.98 Å². The third-order valence-corrected chi connectivity index (χ3v) is 6.44. The number of amides is 1. The van der Waals surface area contributed by atoms with Crippen LogP contribution >= 0.6 is 11.8 Å². The van der Waals surface area contributed by atoms with Crippen LogP contribution in [-0.4, -0.2) is 21.2 Å². The smallest absolute Gasteiger partial charge is 0.230 e. The van der Waals surface area contributed by atoms with E-state index in [-0.39, 0.29) is 11.9 Å². The second kappa shape index (κ2) is 9.45. The van der Waals surface area contributed by atoms with E-state index in [9.17, 15) is 4.79 Å². The molecule has 1 amide bonds. The van der Waals surface area contributed by atoms with Crippen molar-refractivity contribution < 1.29 is 4.79 Å². The average Bonchev–Trinajstić information content (AvgIpc) is 3.29. The molecule has 1 unspecified atom stereocenters. The van der Waals surface area contributed by atoms with E-state index in [1.165, 1.54) is 36.9 Å². The first kappa shape index (κ1) is 20.0.